The average Bonchev–Trinajstić information content (AvgIpc) is 2.45. The van der Waals surface area contributed by atoms with Gasteiger partial charge in [-0.2, -0.15) is 13.2 Å². The number of esters is 1. The maximum atomic E-state index is 12.3. The van der Waals surface area contributed by atoms with E-state index in [9.17, 15) is 27.9 Å². The lowest BCUT2D eigenvalue weighted by Gasteiger charge is -2.35. The maximum absolute atomic E-state index is 12.3. The summed E-state index contributed by atoms with van der Waals surface area (Å²) in [6.07, 6.45) is -7.08. The van der Waals surface area contributed by atoms with Gasteiger partial charge in [0.05, 0.1) is 13.7 Å². The highest BCUT2D eigenvalue weighted by Crippen LogP contribution is 2.36. The molecule has 0 aromatic heterocycles. The van der Waals surface area contributed by atoms with E-state index in [1.807, 2.05) is 33.9 Å². The van der Waals surface area contributed by atoms with Gasteiger partial charge in [0.2, 0.25) is 0 Å². The van der Waals surface area contributed by atoms with Gasteiger partial charge in [-0.05, 0) is 18.1 Å². The molecule has 0 aromatic carbocycles. The number of methoxy groups -OCH3 is 1. The molecule has 0 aliphatic rings. The van der Waals surface area contributed by atoms with E-state index in [2.05, 4.69) is 16.6 Å². The first kappa shape index (κ1) is 23.4. The van der Waals surface area contributed by atoms with Gasteiger partial charge in [0.25, 0.3) is 0 Å². The summed E-state index contributed by atoms with van der Waals surface area (Å²) < 4.78 is 46.9. The van der Waals surface area contributed by atoms with Crippen molar-refractivity contribution in [2.45, 2.75) is 57.2 Å². The minimum atomic E-state index is -5.20. The number of alkyl halides is 3. The van der Waals surface area contributed by atoms with Crippen LogP contribution in [-0.4, -0.2) is 57.3 Å². The van der Waals surface area contributed by atoms with Crippen LogP contribution in [0.25, 0.3) is 0 Å². The number of aliphatic hydroxyl groups is 1. The van der Waals surface area contributed by atoms with Crippen LogP contribution in [0, 0.1) is 11.8 Å². The van der Waals surface area contributed by atoms with Crippen molar-refractivity contribution in [2.24, 2.45) is 0 Å². The molecule has 0 aliphatic carbocycles. The van der Waals surface area contributed by atoms with Gasteiger partial charge in [0, 0.05) is 0 Å². The van der Waals surface area contributed by atoms with Gasteiger partial charge < -0.3 is 19.6 Å². The van der Waals surface area contributed by atoms with Crippen molar-refractivity contribution < 1.29 is 37.0 Å². The number of rotatable bonds is 5. The Morgan fingerprint density at radius 2 is 1.76 bits per heavy atom. The molecular weight excluding hydrogens is 359 g/mol. The van der Waals surface area contributed by atoms with E-state index < -0.39 is 38.5 Å². The van der Waals surface area contributed by atoms with Gasteiger partial charge in [-0.25, -0.2) is 4.79 Å². The van der Waals surface area contributed by atoms with Crippen molar-refractivity contribution in [2.75, 3.05) is 13.7 Å². The fourth-order valence-electron chi connectivity index (χ4n) is 1.28. The normalized spacial score (nSPS) is 14.8. The van der Waals surface area contributed by atoms with Crippen LogP contribution in [-0.2, 0) is 18.8 Å². The summed E-state index contributed by atoms with van der Waals surface area (Å²) in [6.45, 7) is 9.94. The van der Waals surface area contributed by atoms with Crippen molar-refractivity contribution in [3.8, 4) is 11.8 Å². The quantitative estimate of drug-likeness (QED) is 0.428. The Labute approximate surface area is 146 Å². The molecule has 0 saturated heterocycles. The summed E-state index contributed by atoms with van der Waals surface area (Å²) in [6, 6.07) is -1.96. The fraction of sp³-hybridized carbons (Fsp3) is 0.733. The highest BCUT2D eigenvalue weighted by atomic mass is 28.4. The summed E-state index contributed by atoms with van der Waals surface area (Å²) in [5, 5.41) is 11.1. The van der Waals surface area contributed by atoms with E-state index in [4.69, 9.17) is 4.43 Å². The standard InChI is InChI=1S/C15H24F3NO5Si/c1-14(2,3)25(5,6)24-9-7-8-10(20)11(12(21)23-4)19-13(22)15(16,17)18/h10-11,20H,9H2,1-6H3,(H,19,22)/t10-,11+/m0/s1. The van der Waals surface area contributed by atoms with E-state index in [1.165, 1.54) is 5.32 Å². The predicted molar refractivity (Wildman–Crippen MR) is 86.9 cm³/mol. The Bertz CT molecular complexity index is 546. The van der Waals surface area contributed by atoms with Crippen LogP contribution in [0.5, 0.6) is 0 Å². The highest BCUT2D eigenvalue weighted by molar-refractivity contribution is 6.74. The largest absolute Gasteiger partial charge is 0.471 e. The lowest BCUT2D eigenvalue weighted by Crippen LogP contribution is -2.52. The summed E-state index contributed by atoms with van der Waals surface area (Å²) in [5.74, 6) is 1.04. The number of hydrogen-bond acceptors (Lipinski definition) is 5. The summed E-state index contributed by atoms with van der Waals surface area (Å²) in [7, 11) is -1.17. The number of hydrogen-bond donors (Lipinski definition) is 2. The van der Waals surface area contributed by atoms with Gasteiger partial charge in [0.15, 0.2) is 14.4 Å². The molecule has 0 radical (unpaired) electrons. The summed E-state index contributed by atoms with van der Waals surface area (Å²) >= 11 is 0. The lowest BCUT2D eigenvalue weighted by molar-refractivity contribution is -0.176. The fourth-order valence-corrected chi connectivity index (χ4v) is 2.15. The first-order chi connectivity index (χ1) is 11.1. The topological polar surface area (TPSA) is 84.9 Å². The minimum absolute atomic E-state index is 0.0609. The second-order valence-electron chi connectivity index (χ2n) is 6.79. The van der Waals surface area contributed by atoms with Gasteiger partial charge in [-0.15, -0.1) is 0 Å². The van der Waals surface area contributed by atoms with Gasteiger partial charge in [-0.3, -0.25) is 4.79 Å². The van der Waals surface area contributed by atoms with Crippen LogP contribution < -0.4 is 5.32 Å². The molecule has 0 aliphatic heterocycles. The number of aliphatic hydroxyl groups excluding tert-OH is 1. The van der Waals surface area contributed by atoms with Crippen LogP contribution in [0.4, 0.5) is 13.2 Å². The van der Waals surface area contributed by atoms with Crippen molar-refractivity contribution in [3.63, 3.8) is 0 Å². The third-order valence-electron chi connectivity index (χ3n) is 3.88. The number of ether oxygens (including phenoxy) is 1. The molecule has 0 aromatic rings. The average molecular weight is 383 g/mol. The van der Waals surface area contributed by atoms with Crippen LogP contribution in [0.15, 0.2) is 0 Å². The van der Waals surface area contributed by atoms with E-state index in [0.717, 1.165) is 7.11 Å². The monoisotopic (exact) mass is 383 g/mol. The van der Waals surface area contributed by atoms with Crippen LogP contribution in [0.1, 0.15) is 20.8 Å². The number of carbonyl (C=O) groups is 2. The van der Waals surface area contributed by atoms with Crippen LogP contribution in [0.3, 0.4) is 0 Å². The number of halogens is 3. The molecular formula is C15H24F3NO5Si. The number of nitrogens with one attached hydrogen (secondary N) is 1. The molecule has 0 saturated carbocycles. The van der Waals surface area contributed by atoms with Crippen molar-refractivity contribution >= 4 is 20.2 Å². The van der Waals surface area contributed by atoms with E-state index in [0.29, 0.717) is 0 Å². The second kappa shape index (κ2) is 8.69. The van der Waals surface area contributed by atoms with Crippen molar-refractivity contribution in [1.29, 1.82) is 0 Å². The number of amides is 1. The van der Waals surface area contributed by atoms with Crippen LogP contribution in [0.2, 0.25) is 18.1 Å². The molecule has 2 N–H and O–H groups in total. The maximum Gasteiger partial charge on any atom is 0.471 e. The molecule has 144 valence electrons. The summed E-state index contributed by atoms with van der Waals surface area (Å²) in [5.41, 5.74) is 0. The molecule has 2 atom stereocenters. The molecule has 6 nitrogen and oxygen atoms in total. The third-order valence-corrected chi connectivity index (χ3v) is 8.35. The Morgan fingerprint density at radius 1 is 1.24 bits per heavy atom. The zero-order valence-corrected chi connectivity index (χ0v) is 16.1. The van der Waals surface area contributed by atoms with E-state index >= 15 is 0 Å². The molecule has 0 rings (SSSR count). The van der Waals surface area contributed by atoms with Gasteiger partial charge in [0.1, 0.15) is 6.10 Å². The zero-order valence-electron chi connectivity index (χ0n) is 15.1. The Kier molecular flexibility index (Phi) is 8.14. The Balaban J connectivity index is 5.00. The minimum Gasteiger partial charge on any atom is -0.467 e. The molecule has 10 heteroatoms. The smallest absolute Gasteiger partial charge is 0.467 e. The molecule has 1 amide bonds. The molecule has 0 bridgehead atoms. The van der Waals surface area contributed by atoms with Crippen LogP contribution >= 0.6 is 0 Å². The second-order valence-corrected chi connectivity index (χ2v) is 11.6. The molecule has 0 heterocycles. The van der Waals surface area contributed by atoms with Crippen molar-refractivity contribution in [3.05, 3.63) is 0 Å². The van der Waals surface area contributed by atoms with E-state index in [1.54, 1.807) is 0 Å². The van der Waals surface area contributed by atoms with Gasteiger partial charge >= 0.3 is 18.1 Å². The lowest BCUT2D eigenvalue weighted by atomic mass is 10.1. The predicted octanol–water partition coefficient (Wildman–Crippen LogP) is 1.59. The number of carbonyl (C=O) groups excluding carboxylic acids is 2. The first-order valence-corrected chi connectivity index (χ1v) is 10.3. The molecule has 25 heavy (non-hydrogen) atoms. The zero-order chi connectivity index (χ0) is 20.1. The Hall–Kier alpha value is -1.57. The third kappa shape index (κ3) is 7.46. The highest BCUT2D eigenvalue weighted by Gasteiger charge is 2.42. The van der Waals surface area contributed by atoms with Gasteiger partial charge in [-0.1, -0.05) is 32.6 Å². The Morgan fingerprint density at radius 3 is 2.16 bits per heavy atom. The summed E-state index contributed by atoms with van der Waals surface area (Å²) in [4.78, 5) is 22.4. The van der Waals surface area contributed by atoms with E-state index in [-0.39, 0.29) is 11.6 Å². The SMILES string of the molecule is COC(=O)[C@H](NC(=O)C(F)(F)F)[C@@H](O)C#CCO[Si](C)(C)C(C)(C)C. The van der Waals surface area contributed by atoms with Crippen molar-refractivity contribution in [1.82, 2.24) is 5.32 Å². The molecule has 0 fully saturated rings. The molecule has 0 spiro atoms. The first-order valence-electron chi connectivity index (χ1n) is 7.39. The molecule has 0 unspecified atom stereocenters.